The van der Waals surface area contributed by atoms with Crippen molar-refractivity contribution in [2.75, 3.05) is 0 Å². The minimum atomic E-state index is 0.344. The number of imidazole rings is 1. The molecule has 0 atom stereocenters. The Bertz CT molecular complexity index is 591. The molecular formula is C12H13N5S. The zero-order valence-electron chi connectivity index (χ0n) is 9.83. The van der Waals surface area contributed by atoms with E-state index < -0.39 is 0 Å². The number of thiocarbonyl (C=S) groups is 1. The summed E-state index contributed by atoms with van der Waals surface area (Å²) in [6, 6.07) is 0. The first-order valence-corrected chi connectivity index (χ1v) is 6.34. The lowest BCUT2D eigenvalue weighted by Crippen LogP contribution is -2.21. The third kappa shape index (κ3) is 1.88. The van der Waals surface area contributed by atoms with E-state index in [9.17, 15) is 0 Å². The van der Waals surface area contributed by atoms with Crippen molar-refractivity contribution in [1.82, 2.24) is 19.5 Å². The molecule has 0 saturated heterocycles. The fourth-order valence-electron chi connectivity index (χ4n) is 2.28. The van der Waals surface area contributed by atoms with E-state index >= 15 is 0 Å². The highest BCUT2D eigenvalue weighted by molar-refractivity contribution is 7.80. The second-order valence-corrected chi connectivity index (χ2v) is 4.78. The van der Waals surface area contributed by atoms with Gasteiger partial charge in [-0.2, -0.15) is 0 Å². The topological polar surface area (TPSA) is 69.6 Å². The Labute approximate surface area is 110 Å². The summed E-state index contributed by atoms with van der Waals surface area (Å²) in [5, 5.41) is 0. The van der Waals surface area contributed by atoms with Crippen molar-refractivity contribution < 1.29 is 0 Å². The first-order chi connectivity index (χ1) is 8.75. The van der Waals surface area contributed by atoms with Gasteiger partial charge >= 0.3 is 0 Å². The lowest BCUT2D eigenvalue weighted by molar-refractivity contribution is 0.656. The molecule has 2 aromatic heterocycles. The summed E-state index contributed by atoms with van der Waals surface area (Å²) < 4.78 is 1.77. The molecule has 1 aliphatic carbocycles. The number of fused-ring (bicyclic) bond motifs is 1. The highest BCUT2D eigenvalue weighted by Crippen LogP contribution is 2.23. The average Bonchev–Trinajstić information content (AvgIpc) is 2.91. The first-order valence-electron chi connectivity index (χ1n) is 5.93. The van der Waals surface area contributed by atoms with Crippen LogP contribution in [0.3, 0.4) is 0 Å². The number of nitrogens with zero attached hydrogens (tertiary/aromatic N) is 4. The lowest BCUT2D eigenvalue weighted by Gasteiger charge is -2.18. The number of rotatable bonds is 2. The Hall–Kier alpha value is -1.82. The van der Waals surface area contributed by atoms with E-state index in [1.165, 1.54) is 0 Å². The Morgan fingerprint density at radius 1 is 1.28 bits per heavy atom. The monoisotopic (exact) mass is 259 g/mol. The molecule has 92 valence electrons. The summed E-state index contributed by atoms with van der Waals surface area (Å²) in [7, 11) is 0. The van der Waals surface area contributed by atoms with E-state index in [-0.39, 0.29) is 0 Å². The smallest absolute Gasteiger partial charge is 0.235 e. The average molecular weight is 259 g/mol. The van der Waals surface area contributed by atoms with E-state index in [0.29, 0.717) is 10.9 Å². The second-order valence-electron chi connectivity index (χ2n) is 4.34. The number of nitrogens with two attached hydrogens (primary N) is 1. The predicted molar refractivity (Wildman–Crippen MR) is 71.7 cm³/mol. The zero-order valence-corrected chi connectivity index (χ0v) is 10.7. The molecule has 0 aromatic carbocycles. The highest BCUT2D eigenvalue weighted by atomic mass is 32.1. The molecule has 0 spiro atoms. The van der Waals surface area contributed by atoms with Crippen molar-refractivity contribution in [3.05, 3.63) is 35.7 Å². The van der Waals surface area contributed by atoms with Gasteiger partial charge in [0, 0.05) is 23.7 Å². The molecule has 0 bridgehead atoms. The molecule has 0 amide bonds. The lowest BCUT2D eigenvalue weighted by atomic mass is 9.94. The highest BCUT2D eigenvalue weighted by Gasteiger charge is 2.19. The van der Waals surface area contributed by atoms with Crippen molar-refractivity contribution in [3.8, 4) is 5.95 Å². The van der Waals surface area contributed by atoms with Crippen LogP contribution in [-0.4, -0.2) is 24.5 Å². The van der Waals surface area contributed by atoms with Crippen molar-refractivity contribution in [3.63, 3.8) is 0 Å². The van der Waals surface area contributed by atoms with Crippen LogP contribution < -0.4 is 5.73 Å². The molecule has 18 heavy (non-hydrogen) atoms. The van der Waals surface area contributed by atoms with Crippen LogP contribution in [-0.2, 0) is 12.8 Å². The van der Waals surface area contributed by atoms with Gasteiger partial charge in [0.05, 0.1) is 0 Å². The van der Waals surface area contributed by atoms with Crippen molar-refractivity contribution in [2.45, 2.75) is 25.7 Å². The Morgan fingerprint density at radius 3 is 2.83 bits per heavy atom. The molecule has 0 fully saturated rings. The molecule has 0 radical (unpaired) electrons. The number of aromatic nitrogens is 4. The van der Waals surface area contributed by atoms with Gasteiger partial charge in [0.25, 0.3) is 0 Å². The zero-order chi connectivity index (χ0) is 12.5. The van der Waals surface area contributed by atoms with Gasteiger partial charge in [0.2, 0.25) is 5.95 Å². The molecule has 6 heteroatoms. The second kappa shape index (κ2) is 4.45. The van der Waals surface area contributed by atoms with E-state index in [4.69, 9.17) is 18.0 Å². The molecule has 5 nitrogen and oxygen atoms in total. The minimum Gasteiger partial charge on any atom is -0.388 e. The van der Waals surface area contributed by atoms with Crippen molar-refractivity contribution in [2.24, 2.45) is 5.73 Å². The maximum Gasteiger partial charge on any atom is 0.235 e. The van der Waals surface area contributed by atoms with Gasteiger partial charge in [-0.1, -0.05) is 12.2 Å². The standard InChI is InChI=1S/C12H13N5S/c13-11(18)10-8-3-1-2-4-9(8)15-12(16-10)17-6-5-14-7-17/h5-7H,1-4H2,(H2,13,18). The number of hydrogen-bond donors (Lipinski definition) is 1. The SMILES string of the molecule is NC(=S)c1nc(-n2ccnc2)nc2c1CCCC2. The molecule has 0 saturated carbocycles. The Morgan fingerprint density at radius 2 is 2.11 bits per heavy atom. The fraction of sp³-hybridized carbons (Fsp3) is 0.333. The maximum atomic E-state index is 5.78. The van der Waals surface area contributed by atoms with Crippen LogP contribution in [0.25, 0.3) is 5.95 Å². The van der Waals surface area contributed by atoms with E-state index in [2.05, 4.69) is 15.0 Å². The van der Waals surface area contributed by atoms with E-state index in [1.54, 1.807) is 17.1 Å². The normalized spacial score (nSPS) is 14.2. The molecule has 2 heterocycles. The van der Waals surface area contributed by atoms with Gasteiger partial charge < -0.3 is 5.73 Å². The van der Waals surface area contributed by atoms with E-state index in [1.807, 2.05) is 6.20 Å². The van der Waals surface area contributed by atoms with Crippen LogP contribution in [0, 0.1) is 0 Å². The third-order valence-electron chi connectivity index (χ3n) is 3.14. The van der Waals surface area contributed by atoms with Gasteiger partial charge in [0.1, 0.15) is 17.0 Å². The summed E-state index contributed by atoms with van der Waals surface area (Å²) in [6.45, 7) is 0. The van der Waals surface area contributed by atoms with Crippen LogP contribution in [0.5, 0.6) is 0 Å². The molecular weight excluding hydrogens is 246 g/mol. The van der Waals surface area contributed by atoms with Crippen LogP contribution in [0.15, 0.2) is 18.7 Å². The third-order valence-corrected chi connectivity index (χ3v) is 3.33. The van der Waals surface area contributed by atoms with Gasteiger partial charge in [0.15, 0.2) is 0 Å². The minimum absolute atomic E-state index is 0.344. The maximum absolute atomic E-state index is 5.78. The molecule has 2 aromatic rings. The quantitative estimate of drug-likeness (QED) is 0.820. The summed E-state index contributed by atoms with van der Waals surface area (Å²) >= 11 is 5.10. The molecule has 3 rings (SSSR count). The van der Waals surface area contributed by atoms with Crippen LogP contribution in [0.2, 0.25) is 0 Å². The van der Waals surface area contributed by atoms with E-state index in [0.717, 1.165) is 42.6 Å². The first kappa shape index (κ1) is 11.3. The number of aryl methyl sites for hydroxylation is 1. The number of hydrogen-bond acceptors (Lipinski definition) is 4. The summed E-state index contributed by atoms with van der Waals surface area (Å²) in [5.74, 6) is 0.593. The Kier molecular flexibility index (Phi) is 2.79. The molecule has 2 N–H and O–H groups in total. The van der Waals surface area contributed by atoms with Crippen LogP contribution in [0.4, 0.5) is 0 Å². The largest absolute Gasteiger partial charge is 0.388 e. The summed E-state index contributed by atoms with van der Waals surface area (Å²) in [6.07, 6.45) is 9.42. The van der Waals surface area contributed by atoms with Gasteiger partial charge in [-0.3, -0.25) is 4.57 Å². The van der Waals surface area contributed by atoms with Crippen LogP contribution >= 0.6 is 12.2 Å². The van der Waals surface area contributed by atoms with Gasteiger partial charge in [-0.25, -0.2) is 15.0 Å². The summed E-state index contributed by atoms with van der Waals surface area (Å²) in [5.41, 5.74) is 8.69. The van der Waals surface area contributed by atoms with Crippen molar-refractivity contribution >= 4 is 17.2 Å². The predicted octanol–water partition coefficient (Wildman–Crippen LogP) is 1.18. The Balaban J connectivity index is 2.18. The molecule has 1 aliphatic rings. The molecule has 0 unspecified atom stereocenters. The van der Waals surface area contributed by atoms with Crippen LogP contribution in [0.1, 0.15) is 29.8 Å². The summed E-state index contributed by atoms with van der Waals surface area (Å²) in [4.78, 5) is 13.4. The van der Waals surface area contributed by atoms with Crippen molar-refractivity contribution in [1.29, 1.82) is 0 Å². The van der Waals surface area contributed by atoms with Gasteiger partial charge in [-0.05, 0) is 25.7 Å². The fourth-order valence-corrected chi connectivity index (χ4v) is 2.45. The molecule has 0 aliphatic heterocycles. The van der Waals surface area contributed by atoms with Gasteiger partial charge in [-0.15, -0.1) is 0 Å².